The molecule has 1 atom stereocenters. The number of nitrogens with one attached hydrogen (secondary N) is 1. The highest BCUT2D eigenvalue weighted by atomic mass is 16.5. The van der Waals surface area contributed by atoms with Crippen LogP contribution in [0, 0.1) is 6.92 Å². The van der Waals surface area contributed by atoms with Gasteiger partial charge in [-0.2, -0.15) is 5.10 Å². The molecule has 2 rings (SSSR count). The molecule has 0 saturated carbocycles. The summed E-state index contributed by atoms with van der Waals surface area (Å²) in [5.41, 5.74) is 2.38. The van der Waals surface area contributed by atoms with E-state index in [4.69, 9.17) is 4.74 Å². The van der Waals surface area contributed by atoms with Crippen LogP contribution in [0.1, 0.15) is 24.1 Å². The quantitative estimate of drug-likeness (QED) is 0.804. The molecule has 84 valence electrons. The zero-order chi connectivity index (χ0) is 10.7. The van der Waals surface area contributed by atoms with E-state index in [1.807, 2.05) is 18.7 Å². The van der Waals surface area contributed by atoms with Gasteiger partial charge in [-0.05, 0) is 19.8 Å². The normalized spacial score (nSPS) is 21.1. The average Bonchev–Trinajstić information content (AvgIpc) is 2.77. The number of ether oxygens (including phenoxy) is 1. The summed E-state index contributed by atoms with van der Waals surface area (Å²) in [5.74, 6) is 0. The predicted molar refractivity (Wildman–Crippen MR) is 58.6 cm³/mol. The maximum Gasteiger partial charge on any atom is 0.0700 e. The molecule has 4 heteroatoms. The average molecular weight is 209 g/mol. The number of aromatic nitrogens is 2. The smallest absolute Gasteiger partial charge is 0.0700 e. The minimum atomic E-state index is 0.418. The summed E-state index contributed by atoms with van der Waals surface area (Å²) in [6.07, 6.45) is 4.89. The van der Waals surface area contributed by atoms with Crippen molar-refractivity contribution in [2.75, 3.05) is 13.2 Å². The largest absolute Gasteiger partial charge is 0.377 e. The minimum Gasteiger partial charge on any atom is -0.377 e. The maximum atomic E-state index is 5.54. The minimum absolute atomic E-state index is 0.418. The molecule has 1 fully saturated rings. The monoisotopic (exact) mass is 209 g/mol. The highest BCUT2D eigenvalue weighted by molar-refractivity contribution is 5.14. The van der Waals surface area contributed by atoms with Gasteiger partial charge in [0, 0.05) is 38.5 Å². The van der Waals surface area contributed by atoms with Crippen LogP contribution in [-0.2, 0) is 18.3 Å². The highest BCUT2D eigenvalue weighted by Crippen LogP contribution is 2.11. The van der Waals surface area contributed by atoms with Crippen LogP contribution in [0.4, 0.5) is 0 Å². The Bertz CT molecular complexity index is 316. The van der Waals surface area contributed by atoms with Gasteiger partial charge in [0.25, 0.3) is 0 Å². The summed E-state index contributed by atoms with van der Waals surface area (Å²) >= 11 is 0. The molecule has 4 nitrogen and oxygen atoms in total. The van der Waals surface area contributed by atoms with Crippen molar-refractivity contribution < 1.29 is 4.74 Å². The molecule has 0 spiro atoms. The Morgan fingerprint density at radius 3 is 3.13 bits per heavy atom. The summed E-state index contributed by atoms with van der Waals surface area (Å²) in [6, 6.07) is 0. The van der Waals surface area contributed by atoms with Gasteiger partial charge in [0.15, 0.2) is 0 Å². The molecule has 2 heterocycles. The molecular formula is C11H19N3O. The molecule has 0 amide bonds. The lowest BCUT2D eigenvalue weighted by atomic mass is 10.2. The van der Waals surface area contributed by atoms with Gasteiger partial charge in [-0.3, -0.25) is 4.68 Å². The van der Waals surface area contributed by atoms with E-state index >= 15 is 0 Å². The fourth-order valence-electron chi connectivity index (χ4n) is 2.00. The van der Waals surface area contributed by atoms with Crippen LogP contribution in [-0.4, -0.2) is 29.0 Å². The van der Waals surface area contributed by atoms with E-state index in [0.29, 0.717) is 6.10 Å². The second-order valence-corrected chi connectivity index (χ2v) is 4.18. The summed E-state index contributed by atoms with van der Waals surface area (Å²) in [4.78, 5) is 0. The third kappa shape index (κ3) is 2.79. The van der Waals surface area contributed by atoms with Crippen LogP contribution in [0.15, 0.2) is 6.20 Å². The second-order valence-electron chi connectivity index (χ2n) is 4.18. The van der Waals surface area contributed by atoms with Crippen molar-refractivity contribution in [3.05, 3.63) is 17.5 Å². The lowest BCUT2D eigenvalue weighted by Gasteiger charge is -2.09. The molecule has 15 heavy (non-hydrogen) atoms. The lowest BCUT2D eigenvalue weighted by Crippen LogP contribution is -2.25. The van der Waals surface area contributed by atoms with Gasteiger partial charge in [-0.1, -0.05) is 0 Å². The summed E-state index contributed by atoms with van der Waals surface area (Å²) in [6.45, 7) is 4.81. The molecule has 1 unspecified atom stereocenters. The van der Waals surface area contributed by atoms with E-state index in [0.717, 1.165) is 25.4 Å². The molecule has 1 saturated heterocycles. The van der Waals surface area contributed by atoms with E-state index in [1.165, 1.54) is 18.4 Å². The Morgan fingerprint density at radius 2 is 2.53 bits per heavy atom. The Labute approximate surface area is 90.6 Å². The van der Waals surface area contributed by atoms with Crippen molar-refractivity contribution in [3.8, 4) is 0 Å². The fraction of sp³-hybridized carbons (Fsp3) is 0.727. The number of rotatable bonds is 4. The summed E-state index contributed by atoms with van der Waals surface area (Å²) in [7, 11) is 1.95. The van der Waals surface area contributed by atoms with E-state index in [2.05, 4.69) is 16.6 Å². The number of hydrogen-bond acceptors (Lipinski definition) is 3. The van der Waals surface area contributed by atoms with Crippen molar-refractivity contribution in [3.63, 3.8) is 0 Å². The first kappa shape index (κ1) is 10.6. The standard InChI is InChI=1S/C11H19N3O/c1-9-10(8-14(2)13-9)6-12-7-11-4-3-5-15-11/h8,11-12H,3-7H2,1-2H3. The predicted octanol–water partition coefficient (Wildman–Crippen LogP) is 0.997. The molecule has 0 bridgehead atoms. The van der Waals surface area contributed by atoms with Crippen molar-refractivity contribution >= 4 is 0 Å². The van der Waals surface area contributed by atoms with E-state index in [-0.39, 0.29) is 0 Å². The first-order valence-electron chi connectivity index (χ1n) is 5.57. The Balaban J connectivity index is 1.75. The van der Waals surface area contributed by atoms with Gasteiger partial charge in [0.05, 0.1) is 11.8 Å². The number of hydrogen-bond donors (Lipinski definition) is 1. The van der Waals surface area contributed by atoms with E-state index in [9.17, 15) is 0 Å². The number of nitrogens with zero attached hydrogens (tertiary/aromatic N) is 2. The summed E-state index contributed by atoms with van der Waals surface area (Å²) in [5, 5.41) is 7.73. The Kier molecular flexibility index (Phi) is 3.38. The SMILES string of the molecule is Cc1nn(C)cc1CNCC1CCCO1. The molecule has 1 aromatic heterocycles. The fourth-order valence-corrected chi connectivity index (χ4v) is 2.00. The van der Waals surface area contributed by atoms with Crippen LogP contribution in [0.2, 0.25) is 0 Å². The first-order valence-corrected chi connectivity index (χ1v) is 5.57. The Hall–Kier alpha value is -0.870. The van der Waals surface area contributed by atoms with Crippen molar-refractivity contribution in [2.24, 2.45) is 7.05 Å². The zero-order valence-corrected chi connectivity index (χ0v) is 9.49. The topological polar surface area (TPSA) is 39.1 Å². The third-order valence-electron chi connectivity index (χ3n) is 2.83. The van der Waals surface area contributed by atoms with Crippen LogP contribution in [0.5, 0.6) is 0 Å². The van der Waals surface area contributed by atoms with Crippen LogP contribution in [0.3, 0.4) is 0 Å². The van der Waals surface area contributed by atoms with Gasteiger partial charge in [-0.15, -0.1) is 0 Å². The lowest BCUT2D eigenvalue weighted by molar-refractivity contribution is 0.110. The van der Waals surface area contributed by atoms with E-state index < -0.39 is 0 Å². The van der Waals surface area contributed by atoms with Gasteiger partial charge < -0.3 is 10.1 Å². The molecule has 1 aliphatic rings. The molecule has 1 aliphatic heterocycles. The highest BCUT2D eigenvalue weighted by Gasteiger charge is 2.14. The molecule has 0 aromatic carbocycles. The molecule has 1 aromatic rings. The van der Waals surface area contributed by atoms with Gasteiger partial charge in [0.1, 0.15) is 0 Å². The maximum absolute atomic E-state index is 5.54. The van der Waals surface area contributed by atoms with Crippen LogP contribution < -0.4 is 5.32 Å². The van der Waals surface area contributed by atoms with Crippen LogP contribution in [0.25, 0.3) is 0 Å². The molecule has 0 aliphatic carbocycles. The van der Waals surface area contributed by atoms with Crippen molar-refractivity contribution in [1.29, 1.82) is 0 Å². The summed E-state index contributed by atoms with van der Waals surface area (Å²) < 4.78 is 7.40. The Morgan fingerprint density at radius 1 is 1.67 bits per heavy atom. The van der Waals surface area contributed by atoms with Gasteiger partial charge >= 0.3 is 0 Å². The van der Waals surface area contributed by atoms with Gasteiger partial charge in [-0.25, -0.2) is 0 Å². The molecule has 1 N–H and O–H groups in total. The number of aryl methyl sites for hydroxylation is 2. The van der Waals surface area contributed by atoms with Crippen molar-refractivity contribution in [2.45, 2.75) is 32.4 Å². The molecular weight excluding hydrogens is 190 g/mol. The van der Waals surface area contributed by atoms with Gasteiger partial charge in [0.2, 0.25) is 0 Å². The first-order chi connectivity index (χ1) is 7.25. The zero-order valence-electron chi connectivity index (χ0n) is 9.49. The van der Waals surface area contributed by atoms with Crippen molar-refractivity contribution in [1.82, 2.24) is 15.1 Å². The third-order valence-corrected chi connectivity index (χ3v) is 2.83. The molecule has 0 radical (unpaired) electrons. The second kappa shape index (κ2) is 4.77. The van der Waals surface area contributed by atoms with E-state index in [1.54, 1.807) is 0 Å². The van der Waals surface area contributed by atoms with Crippen LogP contribution >= 0.6 is 0 Å².